The number of hydrogen-bond acceptors (Lipinski definition) is 7. The molecule has 1 spiro atoms. The molecule has 2 heterocycles. The minimum Gasteiger partial charge on any atom is -0.450 e. The van der Waals surface area contributed by atoms with E-state index in [0.717, 1.165) is 11.6 Å². The van der Waals surface area contributed by atoms with Gasteiger partial charge in [-0.3, -0.25) is 5.32 Å². The van der Waals surface area contributed by atoms with Gasteiger partial charge < -0.3 is 14.4 Å². The predicted octanol–water partition coefficient (Wildman–Crippen LogP) is 3.07. The van der Waals surface area contributed by atoms with Crippen LogP contribution in [0.2, 0.25) is 25.7 Å². The molecule has 9 nitrogen and oxygen atoms in total. The van der Waals surface area contributed by atoms with Gasteiger partial charge in [-0.2, -0.15) is 0 Å². The molecule has 0 bridgehead atoms. The van der Waals surface area contributed by atoms with Crippen molar-refractivity contribution in [2.45, 2.75) is 50.9 Å². The summed E-state index contributed by atoms with van der Waals surface area (Å²) in [5.41, 5.74) is 2.81. The molecule has 0 atom stereocenters. The number of hydroxylamine groups is 1. The lowest BCUT2D eigenvalue weighted by atomic mass is 10.0. The van der Waals surface area contributed by atoms with Crippen LogP contribution in [0.25, 0.3) is 0 Å². The molecule has 2 N–H and O–H groups in total. The second kappa shape index (κ2) is 9.48. The fourth-order valence-electron chi connectivity index (χ4n) is 3.09. The number of likely N-dealkylation sites (tertiary alicyclic amines) is 1. The predicted molar refractivity (Wildman–Crippen MR) is 114 cm³/mol. The lowest BCUT2D eigenvalue weighted by molar-refractivity contribution is -0.0873. The number of alkyl carbamates (subject to hydrolysis) is 1. The van der Waals surface area contributed by atoms with E-state index in [4.69, 9.17) is 14.3 Å². The molecule has 2 amide bonds. The third-order valence-electron chi connectivity index (χ3n) is 4.97. The van der Waals surface area contributed by atoms with Crippen molar-refractivity contribution in [2.24, 2.45) is 4.99 Å². The number of carbonyl (C=O) groups is 2. The van der Waals surface area contributed by atoms with E-state index in [1.807, 2.05) is 30.3 Å². The number of benzene rings is 1. The molecule has 0 aliphatic carbocycles. The molecule has 2 aliphatic rings. The van der Waals surface area contributed by atoms with Crippen molar-refractivity contribution in [3.8, 4) is 0 Å². The van der Waals surface area contributed by atoms with E-state index in [0.29, 0.717) is 32.5 Å². The summed E-state index contributed by atoms with van der Waals surface area (Å²) in [5, 5.41) is 2.57. The number of ether oxygens (including phenoxy) is 2. The molecule has 1 aromatic carbocycles. The fourth-order valence-corrected chi connectivity index (χ4v) is 3.81. The van der Waals surface area contributed by atoms with Crippen LogP contribution in [0.4, 0.5) is 9.59 Å². The van der Waals surface area contributed by atoms with Crippen molar-refractivity contribution in [3.63, 3.8) is 0 Å². The molecule has 0 radical (unpaired) electrons. The van der Waals surface area contributed by atoms with Gasteiger partial charge in [-0.15, -0.1) is 0 Å². The third-order valence-corrected chi connectivity index (χ3v) is 6.67. The number of nitrogens with zero attached hydrogens (tertiary/aromatic N) is 2. The summed E-state index contributed by atoms with van der Waals surface area (Å²) in [5.74, 6) is 0.230. The van der Waals surface area contributed by atoms with Gasteiger partial charge in [0.15, 0.2) is 5.72 Å². The Hall–Kier alpha value is -2.59. The molecule has 164 valence electrons. The monoisotopic (exact) mass is 434 g/mol. The zero-order valence-corrected chi connectivity index (χ0v) is 18.8. The molecule has 3 rings (SSSR count). The first-order valence-corrected chi connectivity index (χ1v) is 13.9. The van der Waals surface area contributed by atoms with Crippen LogP contribution in [0, 0.1) is 0 Å². The Kier molecular flexibility index (Phi) is 6.98. The Morgan fingerprint density at radius 1 is 1.20 bits per heavy atom. The van der Waals surface area contributed by atoms with E-state index in [9.17, 15) is 9.59 Å². The summed E-state index contributed by atoms with van der Waals surface area (Å²) in [4.78, 5) is 35.9. The fraction of sp³-hybridized carbons (Fsp3) is 0.550. The van der Waals surface area contributed by atoms with Crippen LogP contribution in [0.1, 0.15) is 18.4 Å². The Bertz CT molecular complexity index is 773. The number of hydrogen-bond donors (Lipinski definition) is 2. The van der Waals surface area contributed by atoms with Crippen molar-refractivity contribution >= 4 is 26.2 Å². The molecule has 0 saturated carbocycles. The SMILES string of the molecule is C[Si](C)(C)CCOC(=O)NC1=NC2(CCN(C(=O)OCc3ccccc3)CC2)ON1. The highest BCUT2D eigenvalue weighted by Gasteiger charge is 2.42. The Morgan fingerprint density at radius 3 is 2.57 bits per heavy atom. The molecule has 0 unspecified atom stereocenters. The van der Waals surface area contributed by atoms with Crippen LogP contribution < -0.4 is 10.8 Å². The van der Waals surface area contributed by atoms with Crippen LogP contribution in [0.15, 0.2) is 35.3 Å². The van der Waals surface area contributed by atoms with Crippen molar-refractivity contribution in [1.82, 2.24) is 15.7 Å². The number of piperidine rings is 1. The maximum atomic E-state index is 12.3. The molecule has 2 aliphatic heterocycles. The summed E-state index contributed by atoms with van der Waals surface area (Å²) >= 11 is 0. The van der Waals surface area contributed by atoms with Crippen LogP contribution in [0.5, 0.6) is 0 Å². The summed E-state index contributed by atoms with van der Waals surface area (Å²) in [6.07, 6.45) is 0.0853. The van der Waals surface area contributed by atoms with E-state index in [2.05, 4.69) is 35.4 Å². The van der Waals surface area contributed by atoms with Crippen LogP contribution in [-0.4, -0.2) is 56.5 Å². The largest absolute Gasteiger partial charge is 0.450 e. The summed E-state index contributed by atoms with van der Waals surface area (Å²) in [6.45, 7) is 8.20. The van der Waals surface area contributed by atoms with Gasteiger partial charge in [0.05, 0.1) is 6.61 Å². The average Bonchev–Trinajstić information content (AvgIpc) is 3.08. The lowest BCUT2D eigenvalue weighted by Gasteiger charge is -2.34. The van der Waals surface area contributed by atoms with Crippen molar-refractivity contribution in [2.75, 3.05) is 19.7 Å². The molecule has 30 heavy (non-hydrogen) atoms. The zero-order valence-electron chi connectivity index (χ0n) is 17.8. The Morgan fingerprint density at radius 2 is 1.90 bits per heavy atom. The highest BCUT2D eigenvalue weighted by molar-refractivity contribution is 6.76. The van der Waals surface area contributed by atoms with E-state index in [-0.39, 0.29) is 18.7 Å². The van der Waals surface area contributed by atoms with Gasteiger partial charge in [-0.05, 0) is 11.6 Å². The topological polar surface area (TPSA) is 101 Å². The van der Waals surface area contributed by atoms with Crippen LogP contribution >= 0.6 is 0 Å². The van der Waals surface area contributed by atoms with Gasteiger partial charge in [-0.1, -0.05) is 50.0 Å². The average molecular weight is 435 g/mol. The maximum absolute atomic E-state index is 12.3. The second-order valence-electron chi connectivity index (χ2n) is 8.71. The Balaban J connectivity index is 1.42. The third kappa shape index (κ3) is 6.46. The van der Waals surface area contributed by atoms with Crippen molar-refractivity contribution in [1.29, 1.82) is 0 Å². The minimum atomic E-state index is -1.26. The minimum absolute atomic E-state index is 0.230. The quantitative estimate of drug-likeness (QED) is 0.691. The first-order valence-electron chi connectivity index (χ1n) is 10.2. The molecular formula is C20H30N4O5Si. The van der Waals surface area contributed by atoms with Gasteiger partial charge in [0.2, 0.25) is 5.96 Å². The van der Waals surface area contributed by atoms with Gasteiger partial charge >= 0.3 is 12.2 Å². The zero-order chi connectivity index (χ0) is 21.6. The number of amides is 2. The van der Waals surface area contributed by atoms with E-state index in [1.165, 1.54) is 0 Å². The summed E-state index contributed by atoms with van der Waals surface area (Å²) < 4.78 is 10.6. The molecular weight excluding hydrogens is 404 g/mol. The summed E-state index contributed by atoms with van der Waals surface area (Å²) in [7, 11) is -1.26. The van der Waals surface area contributed by atoms with Crippen molar-refractivity contribution < 1.29 is 23.9 Å². The highest BCUT2D eigenvalue weighted by atomic mass is 28.3. The normalized spacial score (nSPS) is 17.8. The molecule has 0 aromatic heterocycles. The van der Waals surface area contributed by atoms with E-state index in [1.54, 1.807) is 4.90 Å². The highest BCUT2D eigenvalue weighted by Crippen LogP contribution is 2.30. The number of guanidine groups is 1. The molecule has 1 aromatic rings. The van der Waals surface area contributed by atoms with Gasteiger partial charge in [-0.25, -0.2) is 24.9 Å². The van der Waals surface area contributed by atoms with E-state index >= 15 is 0 Å². The number of nitrogens with one attached hydrogen (secondary N) is 2. The molecule has 1 saturated heterocycles. The van der Waals surface area contributed by atoms with Crippen molar-refractivity contribution in [3.05, 3.63) is 35.9 Å². The molecule has 1 fully saturated rings. The maximum Gasteiger partial charge on any atom is 0.413 e. The molecule has 10 heteroatoms. The lowest BCUT2D eigenvalue weighted by Crippen LogP contribution is -2.46. The van der Waals surface area contributed by atoms with Crippen LogP contribution in [-0.2, 0) is 20.9 Å². The number of rotatable bonds is 5. The number of aliphatic imine (C=N–C) groups is 1. The summed E-state index contributed by atoms with van der Waals surface area (Å²) in [6, 6.07) is 10.5. The smallest absolute Gasteiger partial charge is 0.413 e. The van der Waals surface area contributed by atoms with Crippen LogP contribution in [0.3, 0.4) is 0 Å². The Labute approximate surface area is 177 Å². The number of carbonyl (C=O) groups excluding carboxylic acids is 2. The van der Waals surface area contributed by atoms with Gasteiger partial charge in [0.25, 0.3) is 0 Å². The second-order valence-corrected chi connectivity index (χ2v) is 14.3. The first kappa shape index (κ1) is 22.1. The van der Waals surface area contributed by atoms with Gasteiger partial charge in [0.1, 0.15) is 6.61 Å². The first-order chi connectivity index (χ1) is 14.2. The van der Waals surface area contributed by atoms with Gasteiger partial charge in [0, 0.05) is 34.0 Å². The van der Waals surface area contributed by atoms with E-state index < -0.39 is 19.9 Å². The standard InChI is InChI=1S/C20H30N4O5Si/c1-30(2,3)14-13-27-18(25)21-17-22-20(29-23-17)9-11-24(12-10-20)19(26)28-15-16-7-5-4-6-8-16/h4-8H,9-15H2,1-3H3,(H2,21,22,23,25).